The molecule has 2 aliphatic carbocycles. The van der Waals surface area contributed by atoms with Crippen LogP contribution >= 0.6 is 0 Å². The maximum Gasteiger partial charge on any atom is 0.409 e. The normalized spacial score (nSPS) is 27.9. The van der Waals surface area contributed by atoms with Gasteiger partial charge in [0.15, 0.2) is 0 Å². The molecule has 0 aliphatic heterocycles. The molecule has 0 amide bonds. The van der Waals surface area contributed by atoms with Crippen molar-refractivity contribution in [2.45, 2.75) is 70.6 Å². The third-order valence-corrected chi connectivity index (χ3v) is 6.47. The third-order valence-electron chi connectivity index (χ3n) is 6.47. The number of esters is 1. The lowest BCUT2D eigenvalue weighted by Gasteiger charge is -2.37. The first kappa shape index (κ1) is 22.8. The number of carbonyl (C=O) groups is 1. The van der Waals surface area contributed by atoms with E-state index in [9.17, 15) is 26.7 Å². The Kier molecular flexibility index (Phi) is 7.19. The molecule has 2 nitrogen and oxygen atoms in total. The second-order valence-corrected chi connectivity index (χ2v) is 8.69. The molecule has 0 aromatic heterocycles. The molecule has 7 heteroatoms. The molecule has 2 saturated carbocycles. The molecule has 2 aliphatic rings. The Labute approximate surface area is 173 Å². The lowest BCUT2D eigenvalue weighted by molar-refractivity contribution is -0.0790. The van der Waals surface area contributed by atoms with Gasteiger partial charge >= 0.3 is 12.1 Å². The minimum absolute atomic E-state index is 0.252. The molecule has 30 heavy (non-hydrogen) atoms. The van der Waals surface area contributed by atoms with Crippen LogP contribution in [0.2, 0.25) is 0 Å². The fourth-order valence-electron chi connectivity index (χ4n) is 4.69. The van der Waals surface area contributed by atoms with E-state index in [4.69, 9.17) is 4.74 Å². The third kappa shape index (κ3) is 6.05. The van der Waals surface area contributed by atoms with E-state index >= 15 is 0 Å². The van der Waals surface area contributed by atoms with Crippen molar-refractivity contribution in [2.75, 3.05) is 0 Å². The standard InChI is InChI=1S/C23H27F5O2/c1-14-2-4-15(5-3-14)16-6-8-18(9-7-16)30-22(29)17-12-20(24)19(21(25)13-17)10-11-23(26,27)28/h10-16,18H,2-9H2,1H3/b11-10+. The molecule has 166 valence electrons. The predicted octanol–water partition coefficient (Wildman–Crippen LogP) is 7.08. The van der Waals surface area contributed by atoms with E-state index in [2.05, 4.69) is 6.92 Å². The number of hydrogen-bond donors (Lipinski definition) is 0. The summed E-state index contributed by atoms with van der Waals surface area (Å²) in [7, 11) is 0. The minimum Gasteiger partial charge on any atom is -0.459 e. The summed E-state index contributed by atoms with van der Waals surface area (Å²) in [6.45, 7) is 2.29. The quantitative estimate of drug-likeness (QED) is 0.377. The lowest BCUT2D eigenvalue weighted by atomic mass is 9.71. The van der Waals surface area contributed by atoms with Gasteiger partial charge in [0.1, 0.15) is 17.7 Å². The van der Waals surface area contributed by atoms with E-state index in [-0.39, 0.29) is 17.7 Å². The molecule has 0 heterocycles. The summed E-state index contributed by atoms with van der Waals surface area (Å²) in [5.74, 6) is -1.15. The van der Waals surface area contributed by atoms with Gasteiger partial charge in [-0.3, -0.25) is 0 Å². The Morgan fingerprint density at radius 2 is 1.43 bits per heavy atom. The van der Waals surface area contributed by atoms with E-state index in [0.717, 1.165) is 49.7 Å². The summed E-state index contributed by atoms with van der Waals surface area (Å²) in [4.78, 5) is 12.3. The Bertz CT molecular complexity index is 747. The highest BCUT2D eigenvalue weighted by Crippen LogP contribution is 2.40. The van der Waals surface area contributed by atoms with Gasteiger partial charge in [0.05, 0.1) is 5.56 Å². The summed E-state index contributed by atoms with van der Waals surface area (Å²) < 4.78 is 70.2. The minimum atomic E-state index is -4.69. The largest absolute Gasteiger partial charge is 0.459 e. The maximum absolute atomic E-state index is 14.0. The molecular weight excluding hydrogens is 403 g/mol. The molecular formula is C23H27F5O2. The number of hydrogen-bond acceptors (Lipinski definition) is 2. The van der Waals surface area contributed by atoms with Gasteiger partial charge in [0, 0.05) is 11.6 Å². The first-order chi connectivity index (χ1) is 14.1. The maximum atomic E-state index is 14.0. The zero-order valence-corrected chi connectivity index (χ0v) is 17.0. The van der Waals surface area contributed by atoms with Crippen LogP contribution in [0.5, 0.6) is 0 Å². The van der Waals surface area contributed by atoms with E-state index in [0.29, 0.717) is 12.0 Å². The summed E-state index contributed by atoms with van der Waals surface area (Å²) in [5, 5.41) is 0. The van der Waals surface area contributed by atoms with E-state index in [1.165, 1.54) is 25.7 Å². The van der Waals surface area contributed by atoms with Crippen molar-refractivity contribution in [3.05, 3.63) is 41.0 Å². The van der Waals surface area contributed by atoms with Crippen LogP contribution in [0.25, 0.3) is 6.08 Å². The van der Waals surface area contributed by atoms with Gasteiger partial charge < -0.3 is 4.74 Å². The molecule has 3 rings (SSSR count). The Morgan fingerprint density at radius 3 is 1.93 bits per heavy atom. The van der Waals surface area contributed by atoms with Crippen LogP contribution in [0.4, 0.5) is 22.0 Å². The molecule has 0 atom stereocenters. The van der Waals surface area contributed by atoms with Gasteiger partial charge in [-0.25, -0.2) is 13.6 Å². The van der Waals surface area contributed by atoms with Crippen molar-refractivity contribution < 1.29 is 31.5 Å². The summed E-state index contributed by atoms with van der Waals surface area (Å²) in [5.41, 5.74) is -1.18. The van der Waals surface area contributed by atoms with E-state index in [1.54, 1.807) is 0 Å². The van der Waals surface area contributed by atoms with Gasteiger partial charge in [0.25, 0.3) is 0 Å². The monoisotopic (exact) mass is 430 g/mol. The predicted molar refractivity (Wildman–Crippen MR) is 104 cm³/mol. The van der Waals surface area contributed by atoms with Crippen LogP contribution in [0.1, 0.15) is 74.2 Å². The van der Waals surface area contributed by atoms with Crippen molar-refractivity contribution in [3.63, 3.8) is 0 Å². The van der Waals surface area contributed by atoms with Gasteiger partial charge in [-0.2, -0.15) is 13.2 Å². The van der Waals surface area contributed by atoms with Gasteiger partial charge in [-0.15, -0.1) is 0 Å². The lowest BCUT2D eigenvalue weighted by Crippen LogP contribution is -2.29. The SMILES string of the molecule is CC1CCC(C2CCC(OC(=O)c3cc(F)c(/C=C/C(F)(F)F)c(F)c3)CC2)CC1. The molecule has 1 aromatic carbocycles. The van der Waals surface area contributed by atoms with E-state index < -0.39 is 29.3 Å². The molecule has 0 N–H and O–H groups in total. The fraction of sp³-hybridized carbons (Fsp3) is 0.609. The summed E-state index contributed by atoms with van der Waals surface area (Å²) >= 11 is 0. The van der Waals surface area contributed by atoms with Crippen LogP contribution in [-0.2, 0) is 4.74 Å². The van der Waals surface area contributed by atoms with Crippen molar-refractivity contribution in [1.82, 2.24) is 0 Å². The second kappa shape index (κ2) is 9.48. The first-order valence-electron chi connectivity index (χ1n) is 10.6. The number of rotatable bonds is 4. The highest BCUT2D eigenvalue weighted by Gasteiger charge is 2.31. The van der Waals surface area contributed by atoms with Crippen molar-refractivity contribution in [2.24, 2.45) is 17.8 Å². The van der Waals surface area contributed by atoms with Gasteiger partial charge in [-0.1, -0.05) is 19.8 Å². The van der Waals surface area contributed by atoms with Gasteiger partial charge in [-0.05, 0) is 74.5 Å². The van der Waals surface area contributed by atoms with E-state index in [1.807, 2.05) is 0 Å². The zero-order chi connectivity index (χ0) is 21.9. The van der Waals surface area contributed by atoms with Crippen LogP contribution in [0, 0.1) is 29.4 Å². The molecule has 0 bridgehead atoms. The summed E-state index contributed by atoms with van der Waals surface area (Å²) in [6.07, 6.45) is 3.51. The average molecular weight is 430 g/mol. The second-order valence-electron chi connectivity index (χ2n) is 8.69. The van der Waals surface area contributed by atoms with Crippen molar-refractivity contribution in [3.8, 4) is 0 Å². The number of carbonyl (C=O) groups excluding carboxylic acids is 1. The average Bonchev–Trinajstić information content (AvgIpc) is 2.67. The smallest absolute Gasteiger partial charge is 0.409 e. The fourth-order valence-corrected chi connectivity index (χ4v) is 4.69. The first-order valence-corrected chi connectivity index (χ1v) is 10.6. The van der Waals surface area contributed by atoms with Gasteiger partial charge in [0.2, 0.25) is 0 Å². The Hall–Kier alpha value is -1.92. The molecule has 0 radical (unpaired) electrons. The molecule has 2 fully saturated rings. The van der Waals surface area contributed by atoms with Crippen LogP contribution < -0.4 is 0 Å². The number of benzene rings is 1. The number of ether oxygens (including phenoxy) is 1. The number of allylic oxidation sites excluding steroid dienone is 1. The molecule has 0 saturated heterocycles. The van der Waals surface area contributed by atoms with Crippen LogP contribution in [0.15, 0.2) is 18.2 Å². The molecule has 1 aromatic rings. The zero-order valence-electron chi connectivity index (χ0n) is 17.0. The highest BCUT2D eigenvalue weighted by atomic mass is 19.4. The topological polar surface area (TPSA) is 26.3 Å². The van der Waals surface area contributed by atoms with Crippen LogP contribution in [-0.4, -0.2) is 18.2 Å². The molecule has 0 spiro atoms. The number of alkyl halides is 3. The highest BCUT2D eigenvalue weighted by molar-refractivity contribution is 5.90. The Morgan fingerprint density at radius 1 is 0.933 bits per heavy atom. The summed E-state index contributed by atoms with van der Waals surface area (Å²) in [6, 6.07) is 1.44. The van der Waals surface area contributed by atoms with Crippen molar-refractivity contribution >= 4 is 12.0 Å². The van der Waals surface area contributed by atoms with Crippen molar-refractivity contribution in [1.29, 1.82) is 0 Å². The number of halogens is 5. The van der Waals surface area contributed by atoms with Crippen LogP contribution in [0.3, 0.4) is 0 Å². The molecule has 0 unspecified atom stereocenters. The Balaban J connectivity index is 1.56.